The molecule has 0 radical (unpaired) electrons. The summed E-state index contributed by atoms with van der Waals surface area (Å²) in [5.74, 6) is 0.796. The first-order valence-electron chi connectivity index (χ1n) is 6.86. The van der Waals surface area contributed by atoms with Gasteiger partial charge in [0.2, 0.25) is 0 Å². The summed E-state index contributed by atoms with van der Waals surface area (Å²) in [4.78, 5) is 8.90. The molecule has 0 amide bonds. The molecule has 2 nitrogen and oxygen atoms in total. The lowest BCUT2D eigenvalue weighted by Crippen LogP contribution is -1.93. The highest BCUT2D eigenvalue weighted by molar-refractivity contribution is 9.10. The van der Waals surface area contributed by atoms with Gasteiger partial charge < -0.3 is 0 Å². The van der Waals surface area contributed by atoms with E-state index in [2.05, 4.69) is 32.8 Å². The summed E-state index contributed by atoms with van der Waals surface area (Å²) >= 11 is 3.43. The minimum absolute atomic E-state index is 0.796. The molecule has 0 spiro atoms. The summed E-state index contributed by atoms with van der Waals surface area (Å²) < 4.78 is 1.07. The van der Waals surface area contributed by atoms with Crippen LogP contribution in [-0.2, 0) is 6.42 Å². The Morgan fingerprint density at radius 3 is 2.26 bits per heavy atom. The van der Waals surface area contributed by atoms with Crippen LogP contribution < -0.4 is 0 Å². The van der Waals surface area contributed by atoms with Gasteiger partial charge in [0.05, 0.1) is 0 Å². The molecule has 0 aliphatic carbocycles. The topological polar surface area (TPSA) is 25.8 Å². The van der Waals surface area contributed by atoms with Gasteiger partial charge in [-0.25, -0.2) is 9.97 Å². The highest BCUT2D eigenvalue weighted by Gasteiger charge is 2.01. The molecule has 3 heteroatoms. The van der Waals surface area contributed by atoms with E-state index in [9.17, 15) is 0 Å². The van der Waals surface area contributed by atoms with E-state index in [-0.39, 0.29) is 0 Å². The van der Waals surface area contributed by atoms with Crippen molar-refractivity contribution in [2.45, 2.75) is 39.0 Å². The lowest BCUT2D eigenvalue weighted by molar-refractivity contribution is 0.665. The van der Waals surface area contributed by atoms with E-state index < -0.39 is 0 Å². The number of rotatable bonds is 6. The van der Waals surface area contributed by atoms with Crippen molar-refractivity contribution in [1.29, 1.82) is 0 Å². The quantitative estimate of drug-likeness (QED) is 0.698. The average molecular weight is 319 g/mol. The third kappa shape index (κ3) is 4.43. The van der Waals surface area contributed by atoms with Gasteiger partial charge >= 0.3 is 0 Å². The van der Waals surface area contributed by atoms with Crippen LogP contribution >= 0.6 is 15.9 Å². The van der Waals surface area contributed by atoms with E-state index in [1.165, 1.54) is 31.2 Å². The Morgan fingerprint density at radius 1 is 0.947 bits per heavy atom. The predicted octanol–water partition coefficient (Wildman–Crippen LogP) is 5.03. The van der Waals surface area contributed by atoms with Crippen LogP contribution in [0, 0.1) is 0 Å². The van der Waals surface area contributed by atoms with Crippen molar-refractivity contribution in [3.8, 4) is 11.4 Å². The zero-order valence-electron chi connectivity index (χ0n) is 11.3. The maximum Gasteiger partial charge on any atom is 0.159 e. The van der Waals surface area contributed by atoms with Crippen molar-refractivity contribution < 1.29 is 0 Å². The number of aryl methyl sites for hydroxylation is 1. The Morgan fingerprint density at radius 2 is 1.63 bits per heavy atom. The molecule has 0 atom stereocenters. The van der Waals surface area contributed by atoms with E-state index in [1.54, 1.807) is 0 Å². The SMILES string of the molecule is CCCCCCc1cnc(-c2ccc(Br)cc2)nc1. The average Bonchev–Trinajstić information content (AvgIpc) is 2.45. The lowest BCUT2D eigenvalue weighted by atomic mass is 10.1. The Bertz CT molecular complexity index is 491. The lowest BCUT2D eigenvalue weighted by Gasteiger charge is -2.03. The van der Waals surface area contributed by atoms with Gasteiger partial charge in [0.1, 0.15) is 0 Å². The fourth-order valence-corrected chi connectivity index (χ4v) is 2.25. The first-order chi connectivity index (χ1) is 9.29. The molecule has 100 valence electrons. The van der Waals surface area contributed by atoms with Gasteiger partial charge in [0.15, 0.2) is 5.82 Å². The molecule has 2 rings (SSSR count). The third-order valence-corrected chi connectivity index (χ3v) is 3.66. The van der Waals surface area contributed by atoms with Crippen LogP contribution in [0.15, 0.2) is 41.1 Å². The van der Waals surface area contributed by atoms with E-state index in [1.807, 2.05) is 36.7 Å². The monoisotopic (exact) mass is 318 g/mol. The van der Waals surface area contributed by atoms with Crippen LogP contribution in [0.3, 0.4) is 0 Å². The molecule has 0 N–H and O–H groups in total. The zero-order chi connectivity index (χ0) is 13.5. The number of benzene rings is 1. The van der Waals surface area contributed by atoms with Gasteiger partial charge in [-0.15, -0.1) is 0 Å². The van der Waals surface area contributed by atoms with Crippen LogP contribution in [0.4, 0.5) is 0 Å². The second-order valence-electron chi connectivity index (χ2n) is 4.73. The second kappa shape index (κ2) is 7.39. The van der Waals surface area contributed by atoms with Crippen molar-refractivity contribution >= 4 is 15.9 Å². The van der Waals surface area contributed by atoms with Crippen molar-refractivity contribution in [3.63, 3.8) is 0 Å². The Balaban J connectivity index is 1.96. The van der Waals surface area contributed by atoms with Crippen molar-refractivity contribution in [2.24, 2.45) is 0 Å². The van der Waals surface area contributed by atoms with Gasteiger partial charge in [-0.05, 0) is 30.5 Å². The largest absolute Gasteiger partial charge is 0.236 e. The van der Waals surface area contributed by atoms with Crippen molar-refractivity contribution in [3.05, 3.63) is 46.7 Å². The zero-order valence-corrected chi connectivity index (χ0v) is 12.9. The molecular formula is C16H19BrN2. The highest BCUT2D eigenvalue weighted by atomic mass is 79.9. The van der Waals surface area contributed by atoms with E-state index in [4.69, 9.17) is 0 Å². The Hall–Kier alpha value is -1.22. The molecule has 0 aliphatic heterocycles. The van der Waals surface area contributed by atoms with Crippen molar-refractivity contribution in [1.82, 2.24) is 9.97 Å². The predicted molar refractivity (Wildman–Crippen MR) is 83.0 cm³/mol. The molecule has 0 bridgehead atoms. The number of aromatic nitrogens is 2. The molecule has 1 heterocycles. The van der Waals surface area contributed by atoms with Crippen LogP contribution in [0.25, 0.3) is 11.4 Å². The first-order valence-corrected chi connectivity index (χ1v) is 7.65. The summed E-state index contributed by atoms with van der Waals surface area (Å²) in [7, 11) is 0. The number of nitrogens with zero attached hydrogens (tertiary/aromatic N) is 2. The summed E-state index contributed by atoms with van der Waals surface area (Å²) in [5.41, 5.74) is 2.29. The second-order valence-corrected chi connectivity index (χ2v) is 5.65. The molecular weight excluding hydrogens is 300 g/mol. The van der Waals surface area contributed by atoms with Gasteiger partial charge in [-0.3, -0.25) is 0 Å². The third-order valence-electron chi connectivity index (χ3n) is 3.13. The summed E-state index contributed by atoms with van der Waals surface area (Å²) in [5, 5.41) is 0. The number of halogens is 1. The molecule has 0 aliphatic rings. The summed E-state index contributed by atoms with van der Waals surface area (Å²) in [6.45, 7) is 2.23. The van der Waals surface area contributed by atoms with E-state index >= 15 is 0 Å². The van der Waals surface area contributed by atoms with Crippen LogP contribution in [-0.4, -0.2) is 9.97 Å². The van der Waals surface area contributed by atoms with Gasteiger partial charge in [-0.1, -0.05) is 54.2 Å². The maximum atomic E-state index is 4.45. The molecule has 0 saturated heterocycles. The van der Waals surface area contributed by atoms with Gasteiger partial charge in [-0.2, -0.15) is 0 Å². The van der Waals surface area contributed by atoms with Crippen LogP contribution in [0.2, 0.25) is 0 Å². The molecule has 19 heavy (non-hydrogen) atoms. The molecule has 1 aromatic carbocycles. The number of hydrogen-bond donors (Lipinski definition) is 0. The van der Waals surface area contributed by atoms with Gasteiger partial charge in [0, 0.05) is 22.4 Å². The van der Waals surface area contributed by atoms with Crippen LogP contribution in [0.1, 0.15) is 38.2 Å². The minimum atomic E-state index is 0.796. The van der Waals surface area contributed by atoms with Crippen LogP contribution in [0.5, 0.6) is 0 Å². The molecule has 0 fully saturated rings. The standard InChI is InChI=1S/C16H19BrN2/c1-2-3-4-5-6-13-11-18-16(19-12-13)14-7-9-15(17)10-8-14/h7-12H,2-6H2,1H3. The molecule has 1 aromatic heterocycles. The number of unbranched alkanes of at least 4 members (excludes halogenated alkanes) is 3. The van der Waals surface area contributed by atoms with Gasteiger partial charge in [0.25, 0.3) is 0 Å². The summed E-state index contributed by atoms with van der Waals surface area (Å²) in [6, 6.07) is 8.08. The molecule has 0 unspecified atom stereocenters. The normalized spacial score (nSPS) is 10.6. The molecule has 2 aromatic rings. The minimum Gasteiger partial charge on any atom is -0.236 e. The fourth-order valence-electron chi connectivity index (χ4n) is 1.99. The number of hydrogen-bond acceptors (Lipinski definition) is 2. The Kier molecular flexibility index (Phi) is 5.52. The van der Waals surface area contributed by atoms with Crippen molar-refractivity contribution in [2.75, 3.05) is 0 Å². The highest BCUT2D eigenvalue weighted by Crippen LogP contribution is 2.18. The molecule has 0 saturated carbocycles. The first kappa shape index (κ1) is 14.2. The summed E-state index contributed by atoms with van der Waals surface area (Å²) in [6.07, 6.45) is 10.1. The Labute approximate surface area is 123 Å². The van der Waals surface area contributed by atoms with E-state index in [0.29, 0.717) is 0 Å². The fraction of sp³-hybridized carbons (Fsp3) is 0.375. The van der Waals surface area contributed by atoms with E-state index in [0.717, 1.165) is 22.3 Å². The maximum absolute atomic E-state index is 4.45. The smallest absolute Gasteiger partial charge is 0.159 e.